The molecule has 0 heterocycles. The minimum absolute atomic E-state index is 0.0842. The predicted molar refractivity (Wildman–Crippen MR) is 71.1 cm³/mol. The molecular weight excluding hydrogens is 269 g/mol. The van der Waals surface area contributed by atoms with Crippen LogP contribution in [0.15, 0.2) is 24.3 Å². The molecule has 20 heavy (non-hydrogen) atoms. The molecule has 0 spiro atoms. The quantitative estimate of drug-likeness (QED) is 0.873. The summed E-state index contributed by atoms with van der Waals surface area (Å²) in [4.78, 5) is 13.5. The van der Waals surface area contributed by atoms with Gasteiger partial charge in [0.25, 0.3) is 0 Å². The second-order valence-electron chi connectivity index (χ2n) is 4.84. The molecule has 1 aromatic carbocycles. The lowest BCUT2D eigenvalue weighted by molar-refractivity contribution is -0.138. The number of benzene rings is 1. The number of carbonyl (C=O) groups excluding carboxylic acids is 1. The van der Waals surface area contributed by atoms with E-state index in [1.165, 1.54) is 18.2 Å². The number of hydrogen-bond donors (Lipinski definition) is 1. The van der Waals surface area contributed by atoms with Gasteiger partial charge in [-0.05, 0) is 38.7 Å². The molecule has 3 nitrogen and oxygen atoms in total. The molecule has 1 aromatic rings. The minimum atomic E-state index is -4.40. The topological polar surface area (TPSA) is 32.3 Å². The van der Waals surface area contributed by atoms with Crippen molar-refractivity contribution in [2.45, 2.75) is 25.6 Å². The Morgan fingerprint density at radius 3 is 2.50 bits per heavy atom. The van der Waals surface area contributed by atoms with E-state index in [-0.39, 0.29) is 18.0 Å². The van der Waals surface area contributed by atoms with Crippen molar-refractivity contribution in [1.29, 1.82) is 0 Å². The van der Waals surface area contributed by atoms with Crippen LogP contribution >= 0.6 is 0 Å². The van der Waals surface area contributed by atoms with Gasteiger partial charge in [0.2, 0.25) is 5.91 Å². The van der Waals surface area contributed by atoms with Crippen molar-refractivity contribution < 1.29 is 18.0 Å². The first-order valence-corrected chi connectivity index (χ1v) is 6.37. The summed E-state index contributed by atoms with van der Waals surface area (Å²) in [5, 5.41) is 2.53. The highest BCUT2D eigenvalue weighted by Gasteiger charge is 2.32. The summed E-state index contributed by atoms with van der Waals surface area (Å²) in [7, 11) is 3.80. The number of hydrogen-bond acceptors (Lipinski definition) is 2. The Kier molecular flexibility index (Phi) is 6.01. The van der Waals surface area contributed by atoms with Crippen LogP contribution in [0, 0.1) is 0 Å². The van der Waals surface area contributed by atoms with Gasteiger partial charge < -0.3 is 10.2 Å². The van der Waals surface area contributed by atoms with Crippen molar-refractivity contribution in [2.75, 3.05) is 20.6 Å². The molecule has 1 rings (SSSR count). The molecule has 0 aliphatic carbocycles. The van der Waals surface area contributed by atoms with E-state index >= 15 is 0 Å². The van der Waals surface area contributed by atoms with E-state index in [1.54, 1.807) is 0 Å². The second kappa shape index (κ2) is 7.28. The molecule has 0 aliphatic heterocycles. The average Bonchev–Trinajstić information content (AvgIpc) is 2.35. The number of alkyl halides is 3. The zero-order valence-electron chi connectivity index (χ0n) is 11.6. The van der Waals surface area contributed by atoms with E-state index in [2.05, 4.69) is 5.32 Å². The first-order valence-electron chi connectivity index (χ1n) is 6.37. The maximum atomic E-state index is 12.7. The second-order valence-corrected chi connectivity index (χ2v) is 4.84. The molecule has 0 unspecified atom stereocenters. The molecule has 1 amide bonds. The third-order valence-electron chi connectivity index (χ3n) is 2.81. The van der Waals surface area contributed by atoms with Crippen LogP contribution in [0.4, 0.5) is 13.2 Å². The van der Waals surface area contributed by atoms with Gasteiger partial charge in [-0.2, -0.15) is 13.2 Å². The molecule has 0 saturated heterocycles. The van der Waals surface area contributed by atoms with Crippen molar-refractivity contribution in [3.05, 3.63) is 35.4 Å². The first-order chi connectivity index (χ1) is 9.30. The third-order valence-corrected chi connectivity index (χ3v) is 2.81. The highest BCUT2D eigenvalue weighted by atomic mass is 19.4. The molecule has 0 saturated carbocycles. The van der Waals surface area contributed by atoms with Crippen LogP contribution in [0.3, 0.4) is 0 Å². The third kappa shape index (κ3) is 5.61. The first kappa shape index (κ1) is 16.5. The maximum absolute atomic E-state index is 12.7. The molecule has 0 fully saturated rings. The van der Waals surface area contributed by atoms with Crippen LogP contribution in [0.25, 0.3) is 0 Å². The summed E-state index contributed by atoms with van der Waals surface area (Å²) in [5.41, 5.74) is -0.616. The number of halogens is 3. The Bertz CT molecular complexity index is 444. The highest BCUT2D eigenvalue weighted by molar-refractivity contribution is 5.75. The van der Waals surface area contributed by atoms with E-state index in [4.69, 9.17) is 0 Å². The molecule has 0 radical (unpaired) electrons. The van der Waals surface area contributed by atoms with Crippen molar-refractivity contribution in [2.24, 2.45) is 0 Å². The SMILES string of the molecule is CN(C)CCCC(=O)NCc1ccccc1C(F)(F)F. The Morgan fingerprint density at radius 1 is 1.25 bits per heavy atom. The van der Waals surface area contributed by atoms with E-state index in [9.17, 15) is 18.0 Å². The Labute approximate surface area is 116 Å². The summed E-state index contributed by atoms with van der Waals surface area (Å²) in [6.45, 7) is 0.670. The highest BCUT2D eigenvalue weighted by Crippen LogP contribution is 2.31. The number of nitrogens with one attached hydrogen (secondary N) is 1. The molecule has 0 aliphatic rings. The lowest BCUT2D eigenvalue weighted by Crippen LogP contribution is -2.25. The zero-order valence-corrected chi connectivity index (χ0v) is 11.6. The summed E-state index contributed by atoms with van der Waals surface area (Å²) in [5.74, 6) is -0.233. The fraction of sp³-hybridized carbons (Fsp3) is 0.500. The van der Waals surface area contributed by atoms with E-state index in [1.807, 2.05) is 19.0 Å². The Morgan fingerprint density at radius 2 is 1.90 bits per heavy atom. The fourth-order valence-corrected chi connectivity index (χ4v) is 1.79. The van der Waals surface area contributed by atoms with Gasteiger partial charge in [0, 0.05) is 13.0 Å². The number of rotatable bonds is 6. The summed E-state index contributed by atoms with van der Waals surface area (Å²) in [6, 6.07) is 5.27. The van der Waals surface area contributed by atoms with E-state index in [0.717, 1.165) is 12.6 Å². The molecule has 112 valence electrons. The average molecular weight is 288 g/mol. The smallest absolute Gasteiger partial charge is 0.352 e. The maximum Gasteiger partial charge on any atom is 0.416 e. The summed E-state index contributed by atoms with van der Waals surface area (Å²) >= 11 is 0. The van der Waals surface area contributed by atoms with Crippen LogP contribution in [-0.2, 0) is 17.5 Å². The van der Waals surface area contributed by atoms with Crippen LogP contribution in [0.5, 0.6) is 0 Å². The van der Waals surface area contributed by atoms with Gasteiger partial charge >= 0.3 is 6.18 Å². The van der Waals surface area contributed by atoms with Crippen molar-refractivity contribution in [3.8, 4) is 0 Å². The number of amides is 1. The fourth-order valence-electron chi connectivity index (χ4n) is 1.79. The molecule has 1 N–H and O–H groups in total. The Balaban J connectivity index is 2.52. The molecular formula is C14H19F3N2O. The zero-order chi connectivity index (χ0) is 15.2. The molecule has 0 aromatic heterocycles. The van der Waals surface area contributed by atoms with Crippen LogP contribution in [0.1, 0.15) is 24.0 Å². The normalized spacial score (nSPS) is 11.7. The number of carbonyl (C=O) groups is 1. The van der Waals surface area contributed by atoms with Gasteiger partial charge in [0.1, 0.15) is 0 Å². The van der Waals surface area contributed by atoms with Gasteiger partial charge in [0.15, 0.2) is 0 Å². The van der Waals surface area contributed by atoms with E-state index < -0.39 is 11.7 Å². The standard InChI is InChI=1S/C14H19F3N2O/c1-19(2)9-5-8-13(20)18-10-11-6-3-4-7-12(11)14(15,16)17/h3-4,6-7H,5,8-10H2,1-2H3,(H,18,20). The lowest BCUT2D eigenvalue weighted by atomic mass is 10.1. The minimum Gasteiger partial charge on any atom is -0.352 e. The van der Waals surface area contributed by atoms with Crippen molar-refractivity contribution in [3.63, 3.8) is 0 Å². The van der Waals surface area contributed by atoms with Crippen molar-refractivity contribution >= 4 is 5.91 Å². The van der Waals surface area contributed by atoms with Crippen LogP contribution < -0.4 is 5.32 Å². The van der Waals surface area contributed by atoms with Gasteiger partial charge in [0.05, 0.1) is 5.56 Å². The van der Waals surface area contributed by atoms with Crippen molar-refractivity contribution in [1.82, 2.24) is 10.2 Å². The molecule has 6 heteroatoms. The van der Waals surface area contributed by atoms with Crippen LogP contribution in [-0.4, -0.2) is 31.4 Å². The summed E-state index contributed by atoms with van der Waals surface area (Å²) < 4.78 is 38.2. The monoisotopic (exact) mass is 288 g/mol. The van der Waals surface area contributed by atoms with Gasteiger partial charge in [-0.25, -0.2) is 0 Å². The van der Waals surface area contributed by atoms with Crippen LogP contribution in [0.2, 0.25) is 0 Å². The predicted octanol–water partition coefficient (Wildman–Crippen LogP) is 2.66. The molecule has 0 atom stereocenters. The summed E-state index contributed by atoms with van der Waals surface area (Å²) in [6.07, 6.45) is -3.40. The largest absolute Gasteiger partial charge is 0.416 e. The number of nitrogens with zero attached hydrogens (tertiary/aromatic N) is 1. The lowest BCUT2D eigenvalue weighted by Gasteiger charge is -2.13. The van der Waals surface area contributed by atoms with E-state index in [0.29, 0.717) is 12.8 Å². The van der Waals surface area contributed by atoms with Gasteiger partial charge in [-0.1, -0.05) is 18.2 Å². The van der Waals surface area contributed by atoms with Gasteiger partial charge in [-0.3, -0.25) is 4.79 Å². The molecule has 0 bridgehead atoms. The Hall–Kier alpha value is -1.56. The van der Waals surface area contributed by atoms with Gasteiger partial charge in [-0.15, -0.1) is 0 Å².